The second-order valence-corrected chi connectivity index (χ2v) is 5.05. The summed E-state index contributed by atoms with van der Waals surface area (Å²) in [6.45, 7) is 3.32. The Balaban J connectivity index is 1.79. The average molecular weight is 209 g/mol. The first-order valence-electron chi connectivity index (χ1n) is 5.63. The molecule has 1 nitrogen and oxygen atoms in total. The Kier molecular flexibility index (Phi) is 3.60. The van der Waals surface area contributed by atoms with Crippen molar-refractivity contribution in [1.29, 1.82) is 0 Å². The van der Waals surface area contributed by atoms with Crippen LogP contribution in [-0.4, -0.2) is 12.6 Å². The van der Waals surface area contributed by atoms with E-state index in [1.165, 1.54) is 31.2 Å². The van der Waals surface area contributed by atoms with E-state index in [0.29, 0.717) is 0 Å². The Morgan fingerprint density at radius 1 is 1.50 bits per heavy atom. The van der Waals surface area contributed by atoms with Gasteiger partial charge in [0.2, 0.25) is 0 Å². The highest BCUT2D eigenvalue weighted by Crippen LogP contribution is 2.29. The van der Waals surface area contributed by atoms with Gasteiger partial charge in [0.05, 0.1) is 0 Å². The lowest BCUT2D eigenvalue weighted by molar-refractivity contribution is 0.494. The molecule has 1 aliphatic carbocycles. The number of rotatable bonds is 4. The Labute approximate surface area is 90.5 Å². The smallest absolute Gasteiger partial charge is 0.00698 e. The molecule has 1 N–H and O–H groups in total. The maximum absolute atomic E-state index is 3.56. The van der Waals surface area contributed by atoms with E-state index in [4.69, 9.17) is 0 Å². The third-order valence-electron chi connectivity index (χ3n) is 3.14. The van der Waals surface area contributed by atoms with Gasteiger partial charge in [-0.05, 0) is 60.5 Å². The Morgan fingerprint density at radius 2 is 2.43 bits per heavy atom. The monoisotopic (exact) mass is 209 g/mol. The van der Waals surface area contributed by atoms with Crippen LogP contribution in [0.5, 0.6) is 0 Å². The molecule has 1 aromatic heterocycles. The van der Waals surface area contributed by atoms with Crippen molar-refractivity contribution in [1.82, 2.24) is 5.32 Å². The third kappa shape index (κ3) is 2.58. The van der Waals surface area contributed by atoms with Gasteiger partial charge >= 0.3 is 0 Å². The summed E-state index contributed by atoms with van der Waals surface area (Å²) in [5, 5.41) is 8.04. The number of hydrogen-bond acceptors (Lipinski definition) is 2. The van der Waals surface area contributed by atoms with Crippen LogP contribution in [0.1, 0.15) is 31.7 Å². The molecule has 0 aromatic carbocycles. The van der Waals surface area contributed by atoms with Crippen LogP contribution in [0.2, 0.25) is 0 Å². The van der Waals surface area contributed by atoms with Crippen molar-refractivity contribution in [3.05, 3.63) is 22.4 Å². The van der Waals surface area contributed by atoms with Crippen LogP contribution >= 0.6 is 11.3 Å². The number of thiophene rings is 1. The molecule has 1 fully saturated rings. The van der Waals surface area contributed by atoms with Gasteiger partial charge < -0.3 is 5.32 Å². The summed E-state index contributed by atoms with van der Waals surface area (Å²) in [7, 11) is 0. The van der Waals surface area contributed by atoms with E-state index in [1.807, 2.05) is 11.3 Å². The molecule has 0 saturated heterocycles. The van der Waals surface area contributed by atoms with Crippen molar-refractivity contribution < 1.29 is 0 Å². The van der Waals surface area contributed by atoms with Gasteiger partial charge in [0.25, 0.3) is 0 Å². The largest absolute Gasteiger partial charge is 0.314 e. The zero-order valence-corrected chi connectivity index (χ0v) is 9.65. The lowest BCUT2D eigenvalue weighted by atomic mass is 10.00. The maximum atomic E-state index is 3.56. The summed E-state index contributed by atoms with van der Waals surface area (Å²) in [4.78, 5) is 0. The van der Waals surface area contributed by atoms with E-state index in [-0.39, 0.29) is 0 Å². The molecule has 2 atom stereocenters. The minimum Gasteiger partial charge on any atom is -0.314 e. The lowest BCUT2D eigenvalue weighted by Gasteiger charge is -2.11. The molecule has 1 aromatic rings. The Morgan fingerprint density at radius 3 is 3.14 bits per heavy atom. The highest BCUT2D eigenvalue weighted by molar-refractivity contribution is 7.07. The lowest BCUT2D eigenvalue weighted by Crippen LogP contribution is -2.25. The summed E-state index contributed by atoms with van der Waals surface area (Å²) in [6, 6.07) is 3.06. The maximum Gasteiger partial charge on any atom is 0.00698 e. The Hall–Kier alpha value is -0.340. The fourth-order valence-electron chi connectivity index (χ4n) is 2.48. The minimum absolute atomic E-state index is 0.795. The molecule has 0 spiro atoms. The fraction of sp³-hybridized carbons (Fsp3) is 0.667. The van der Waals surface area contributed by atoms with E-state index >= 15 is 0 Å². The van der Waals surface area contributed by atoms with Crippen LogP contribution < -0.4 is 5.32 Å². The quantitative estimate of drug-likeness (QED) is 0.803. The zero-order chi connectivity index (χ0) is 9.80. The molecule has 2 rings (SSSR count). The molecule has 14 heavy (non-hydrogen) atoms. The normalized spacial score (nSPS) is 26.9. The van der Waals surface area contributed by atoms with Gasteiger partial charge in [-0.15, -0.1) is 0 Å². The van der Waals surface area contributed by atoms with Gasteiger partial charge in [-0.1, -0.05) is 6.92 Å². The van der Waals surface area contributed by atoms with Crippen molar-refractivity contribution in [2.24, 2.45) is 5.92 Å². The van der Waals surface area contributed by atoms with Crippen molar-refractivity contribution >= 4 is 11.3 Å². The zero-order valence-electron chi connectivity index (χ0n) is 8.83. The predicted molar refractivity (Wildman–Crippen MR) is 62.8 cm³/mol. The van der Waals surface area contributed by atoms with Gasteiger partial charge in [0.1, 0.15) is 0 Å². The molecule has 1 aliphatic rings. The highest BCUT2D eigenvalue weighted by atomic mass is 32.1. The second kappa shape index (κ2) is 4.94. The molecular weight excluding hydrogens is 190 g/mol. The first-order valence-corrected chi connectivity index (χ1v) is 6.57. The van der Waals surface area contributed by atoms with Crippen molar-refractivity contribution in [3.63, 3.8) is 0 Å². The van der Waals surface area contributed by atoms with Gasteiger partial charge in [-0.25, -0.2) is 0 Å². The fourth-order valence-corrected chi connectivity index (χ4v) is 3.16. The Bertz CT molecular complexity index is 255. The van der Waals surface area contributed by atoms with Gasteiger partial charge in [0, 0.05) is 6.04 Å². The van der Waals surface area contributed by atoms with Crippen LogP contribution in [0, 0.1) is 5.92 Å². The summed E-state index contributed by atoms with van der Waals surface area (Å²) in [5.74, 6) is 0.925. The molecule has 2 heteroatoms. The number of nitrogens with one attached hydrogen (secondary N) is 1. The average Bonchev–Trinajstić information content (AvgIpc) is 2.79. The van der Waals surface area contributed by atoms with E-state index in [2.05, 4.69) is 29.1 Å². The van der Waals surface area contributed by atoms with E-state index in [9.17, 15) is 0 Å². The van der Waals surface area contributed by atoms with Crippen LogP contribution in [-0.2, 0) is 6.42 Å². The first-order chi connectivity index (χ1) is 6.88. The SMILES string of the molecule is CCNC1CCC(Cc2ccsc2)C1. The first kappa shape index (κ1) is 10.2. The van der Waals surface area contributed by atoms with Crippen molar-refractivity contribution in [2.45, 2.75) is 38.6 Å². The van der Waals surface area contributed by atoms with E-state index in [0.717, 1.165) is 18.5 Å². The molecule has 0 aliphatic heterocycles. The van der Waals surface area contributed by atoms with E-state index < -0.39 is 0 Å². The summed E-state index contributed by atoms with van der Waals surface area (Å²) >= 11 is 1.82. The van der Waals surface area contributed by atoms with Gasteiger partial charge in [0.15, 0.2) is 0 Å². The third-order valence-corrected chi connectivity index (χ3v) is 3.87. The van der Waals surface area contributed by atoms with Gasteiger partial charge in [-0.3, -0.25) is 0 Å². The molecule has 2 unspecified atom stereocenters. The highest BCUT2D eigenvalue weighted by Gasteiger charge is 2.23. The molecular formula is C12H19NS. The molecule has 78 valence electrons. The van der Waals surface area contributed by atoms with Crippen LogP contribution in [0.4, 0.5) is 0 Å². The topological polar surface area (TPSA) is 12.0 Å². The van der Waals surface area contributed by atoms with Crippen LogP contribution in [0.25, 0.3) is 0 Å². The van der Waals surface area contributed by atoms with Gasteiger partial charge in [-0.2, -0.15) is 11.3 Å². The van der Waals surface area contributed by atoms with Crippen LogP contribution in [0.3, 0.4) is 0 Å². The summed E-state index contributed by atoms with van der Waals surface area (Å²) in [6.07, 6.45) is 5.46. The summed E-state index contributed by atoms with van der Waals surface area (Å²) < 4.78 is 0. The van der Waals surface area contributed by atoms with E-state index in [1.54, 1.807) is 0 Å². The number of hydrogen-bond donors (Lipinski definition) is 1. The van der Waals surface area contributed by atoms with Crippen LogP contribution in [0.15, 0.2) is 16.8 Å². The molecule has 1 saturated carbocycles. The molecule has 0 amide bonds. The molecule has 1 heterocycles. The second-order valence-electron chi connectivity index (χ2n) is 4.27. The summed E-state index contributed by atoms with van der Waals surface area (Å²) in [5.41, 5.74) is 1.54. The van der Waals surface area contributed by atoms with Crippen molar-refractivity contribution in [2.75, 3.05) is 6.54 Å². The van der Waals surface area contributed by atoms with Crippen molar-refractivity contribution in [3.8, 4) is 0 Å². The minimum atomic E-state index is 0.795. The predicted octanol–water partition coefficient (Wildman–Crippen LogP) is 3.07. The molecule has 0 radical (unpaired) electrons. The standard InChI is InChI=1S/C12H19NS/c1-2-13-12-4-3-10(8-12)7-11-5-6-14-9-11/h5-6,9-10,12-13H,2-4,7-8H2,1H3. The molecule has 0 bridgehead atoms.